The molecule has 0 unspecified atom stereocenters. The number of nitrogens with zero attached hydrogens (tertiary/aromatic N) is 2. The number of benzene rings is 1. The predicted octanol–water partition coefficient (Wildman–Crippen LogP) is 2.29. The summed E-state index contributed by atoms with van der Waals surface area (Å²) < 4.78 is 0. The van der Waals surface area contributed by atoms with E-state index in [1.807, 2.05) is 25.1 Å². The molecule has 0 aliphatic rings. The third-order valence-corrected chi connectivity index (χ3v) is 3.39. The lowest BCUT2D eigenvalue weighted by molar-refractivity contribution is -0.116. The number of anilines is 2. The van der Waals surface area contributed by atoms with Crippen LogP contribution in [0.1, 0.15) is 23.7 Å². The van der Waals surface area contributed by atoms with E-state index >= 15 is 0 Å². The first-order valence-corrected chi connectivity index (χ1v) is 7.75. The Labute approximate surface area is 141 Å². The van der Waals surface area contributed by atoms with Crippen LogP contribution in [0.4, 0.5) is 11.5 Å². The van der Waals surface area contributed by atoms with Crippen LogP contribution in [0, 0.1) is 0 Å². The first-order chi connectivity index (χ1) is 11.5. The number of aromatic nitrogens is 1. The van der Waals surface area contributed by atoms with Crippen molar-refractivity contribution in [2.24, 2.45) is 0 Å². The summed E-state index contributed by atoms with van der Waals surface area (Å²) in [5.74, 6) is 0.324. The SMILES string of the molecule is C[C@H](CC(=O)Nc1cccnc1N(C)C)NC(=O)c1ccccc1. The largest absolute Gasteiger partial charge is 0.361 e. The zero-order valence-electron chi connectivity index (χ0n) is 14.1. The molecule has 1 aromatic carbocycles. The molecule has 2 N–H and O–H groups in total. The van der Waals surface area contributed by atoms with Crippen LogP contribution in [0.3, 0.4) is 0 Å². The topological polar surface area (TPSA) is 74.3 Å². The van der Waals surface area contributed by atoms with Gasteiger partial charge in [-0.25, -0.2) is 4.98 Å². The molecule has 0 fully saturated rings. The third-order valence-electron chi connectivity index (χ3n) is 3.39. The van der Waals surface area contributed by atoms with Crippen molar-refractivity contribution in [3.63, 3.8) is 0 Å². The van der Waals surface area contributed by atoms with Gasteiger partial charge in [-0.05, 0) is 31.2 Å². The summed E-state index contributed by atoms with van der Waals surface area (Å²) >= 11 is 0. The average Bonchev–Trinajstić information content (AvgIpc) is 2.55. The van der Waals surface area contributed by atoms with E-state index in [9.17, 15) is 9.59 Å². The number of hydrogen-bond acceptors (Lipinski definition) is 4. The number of carbonyl (C=O) groups is 2. The van der Waals surface area contributed by atoms with Gasteiger partial charge >= 0.3 is 0 Å². The highest BCUT2D eigenvalue weighted by Crippen LogP contribution is 2.20. The summed E-state index contributed by atoms with van der Waals surface area (Å²) in [5, 5.41) is 5.67. The lowest BCUT2D eigenvalue weighted by Crippen LogP contribution is -2.35. The fourth-order valence-electron chi connectivity index (χ4n) is 2.28. The van der Waals surface area contributed by atoms with Crippen LogP contribution in [0.5, 0.6) is 0 Å². The maximum atomic E-state index is 12.2. The van der Waals surface area contributed by atoms with E-state index in [-0.39, 0.29) is 24.3 Å². The highest BCUT2D eigenvalue weighted by molar-refractivity contribution is 5.96. The monoisotopic (exact) mass is 326 g/mol. The van der Waals surface area contributed by atoms with Crippen LogP contribution in [-0.4, -0.2) is 36.9 Å². The first-order valence-electron chi connectivity index (χ1n) is 7.75. The van der Waals surface area contributed by atoms with Gasteiger partial charge in [0.05, 0.1) is 5.69 Å². The van der Waals surface area contributed by atoms with Gasteiger partial charge in [0.15, 0.2) is 5.82 Å². The van der Waals surface area contributed by atoms with Crippen molar-refractivity contribution in [1.29, 1.82) is 0 Å². The van der Waals surface area contributed by atoms with Gasteiger partial charge in [-0.15, -0.1) is 0 Å². The van der Waals surface area contributed by atoms with Crippen LogP contribution in [0.25, 0.3) is 0 Å². The predicted molar refractivity (Wildman–Crippen MR) is 95.2 cm³/mol. The molecule has 0 saturated heterocycles. The van der Waals surface area contributed by atoms with E-state index in [4.69, 9.17) is 0 Å². The highest BCUT2D eigenvalue weighted by atomic mass is 16.2. The van der Waals surface area contributed by atoms with Gasteiger partial charge in [0.1, 0.15) is 0 Å². The highest BCUT2D eigenvalue weighted by Gasteiger charge is 2.15. The van der Waals surface area contributed by atoms with Crippen LogP contribution >= 0.6 is 0 Å². The molecule has 0 aliphatic carbocycles. The fourth-order valence-corrected chi connectivity index (χ4v) is 2.28. The number of rotatable bonds is 6. The quantitative estimate of drug-likeness (QED) is 0.854. The lowest BCUT2D eigenvalue weighted by atomic mass is 10.1. The molecular weight excluding hydrogens is 304 g/mol. The van der Waals surface area contributed by atoms with Crippen molar-refractivity contribution in [2.45, 2.75) is 19.4 Å². The number of pyridine rings is 1. The summed E-state index contributed by atoms with van der Waals surface area (Å²) in [7, 11) is 3.72. The van der Waals surface area contributed by atoms with Crippen molar-refractivity contribution < 1.29 is 9.59 Å². The fraction of sp³-hybridized carbons (Fsp3) is 0.278. The van der Waals surface area contributed by atoms with Crippen LogP contribution in [-0.2, 0) is 4.79 Å². The molecule has 6 nitrogen and oxygen atoms in total. The second-order valence-corrected chi connectivity index (χ2v) is 5.76. The molecule has 24 heavy (non-hydrogen) atoms. The second-order valence-electron chi connectivity index (χ2n) is 5.76. The Morgan fingerprint density at radius 2 is 1.83 bits per heavy atom. The summed E-state index contributed by atoms with van der Waals surface area (Å²) in [5.41, 5.74) is 1.22. The molecule has 1 atom stereocenters. The van der Waals surface area contributed by atoms with E-state index < -0.39 is 0 Å². The van der Waals surface area contributed by atoms with Crippen molar-refractivity contribution in [1.82, 2.24) is 10.3 Å². The lowest BCUT2D eigenvalue weighted by Gasteiger charge is -2.18. The zero-order valence-corrected chi connectivity index (χ0v) is 14.1. The molecule has 6 heteroatoms. The number of hydrogen-bond donors (Lipinski definition) is 2. The molecule has 126 valence electrons. The Morgan fingerprint density at radius 3 is 2.50 bits per heavy atom. The molecule has 1 heterocycles. The maximum Gasteiger partial charge on any atom is 0.251 e. The minimum absolute atomic E-state index is 0.174. The Bertz CT molecular complexity index is 701. The molecular formula is C18H22N4O2. The minimum Gasteiger partial charge on any atom is -0.361 e. The molecule has 0 radical (unpaired) electrons. The Hall–Kier alpha value is -2.89. The van der Waals surface area contributed by atoms with Gasteiger partial charge < -0.3 is 15.5 Å². The van der Waals surface area contributed by atoms with Gasteiger partial charge in [-0.1, -0.05) is 18.2 Å². The van der Waals surface area contributed by atoms with Crippen LogP contribution in [0.15, 0.2) is 48.7 Å². The van der Waals surface area contributed by atoms with Gasteiger partial charge in [0.25, 0.3) is 5.91 Å². The third kappa shape index (κ3) is 4.81. The second kappa shape index (κ2) is 8.10. The van der Waals surface area contributed by atoms with Crippen LogP contribution in [0.2, 0.25) is 0 Å². The Kier molecular flexibility index (Phi) is 5.89. The molecule has 2 amide bonds. The minimum atomic E-state index is -0.280. The summed E-state index contributed by atoms with van der Waals surface area (Å²) in [6, 6.07) is 12.2. The summed E-state index contributed by atoms with van der Waals surface area (Å²) in [4.78, 5) is 30.4. The molecule has 0 spiro atoms. The number of carbonyl (C=O) groups excluding carboxylic acids is 2. The zero-order chi connectivity index (χ0) is 17.5. The normalized spacial score (nSPS) is 11.5. The van der Waals surface area contributed by atoms with E-state index in [0.29, 0.717) is 17.1 Å². The molecule has 1 aromatic heterocycles. The maximum absolute atomic E-state index is 12.2. The average molecular weight is 326 g/mol. The number of amides is 2. The molecule has 2 rings (SSSR count). The standard InChI is InChI=1S/C18H22N4O2/c1-13(20-18(24)14-8-5-4-6-9-14)12-16(23)21-15-10-7-11-19-17(15)22(2)3/h4-11,13H,12H2,1-3H3,(H,20,24)(H,21,23)/t13-/m1/s1. The van der Waals surface area contributed by atoms with E-state index in [0.717, 1.165) is 0 Å². The van der Waals surface area contributed by atoms with E-state index in [2.05, 4.69) is 15.6 Å². The Balaban J connectivity index is 1.92. The number of nitrogens with one attached hydrogen (secondary N) is 2. The van der Waals surface area contributed by atoms with E-state index in [1.165, 1.54) is 0 Å². The van der Waals surface area contributed by atoms with Crippen LogP contribution < -0.4 is 15.5 Å². The van der Waals surface area contributed by atoms with Crippen molar-refractivity contribution in [2.75, 3.05) is 24.3 Å². The molecule has 2 aromatic rings. The Morgan fingerprint density at radius 1 is 1.12 bits per heavy atom. The van der Waals surface area contributed by atoms with Gasteiger partial charge in [0.2, 0.25) is 5.91 Å². The van der Waals surface area contributed by atoms with Gasteiger partial charge in [0, 0.05) is 38.3 Å². The van der Waals surface area contributed by atoms with Crippen molar-refractivity contribution in [3.8, 4) is 0 Å². The summed E-state index contributed by atoms with van der Waals surface area (Å²) in [6.45, 7) is 1.80. The molecule has 0 aliphatic heterocycles. The smallest absolute Gasteiger partial charge is 0.251 e. The van der Waals surface area contributed by atoms with E-state index in [1.54, 1.807) is 49.5 Å². The molecule has 0 bridgehead atoms. The first kappa shape index (κ1) is 17.5. The van der Waals surface area contributed by atoms with Gasteiger partial charge in [-0.2, -0.15) is 0 Å². The van der Waals surface area contributed by atoms with Gasteiger partial charge in [-0.3, -0.25) is 9.59 Å². The molecule has 0 saturated carbocycles. The van der Waals surface area contributed by atoms with Crippen molar-refractivity contribution >= 4 is 23.3 Å². The van der Waals surface area contributed by atoms with Crippen molar-refractivity contribution in [3.05, 3.63) is 54.2 Å². The summed E-state index contributed by atoms with van der Waals surface area (Å²) in [6.07, 6.45) is 1.86.